The maximum Gasteiger partial charge on any atom is 0.0561 e. The summed E-state index contributed by atoms with van der Waals surface area (Å²) in [4.78, 5) is 2.44. The Kier molecular flexibility index (Phi) is 8.55. The minimum Gasteiger partial charge on any atom is -0.310 e. The monoisotopic (exact) mass is 714 g/mol. The maximum absolute atomic E-state index is 2.44. The van der Waals surface area contributed by atoms with Crippen LogP contribution in [-0.2, 0) is 0 Å². The molecule has 9 aromatic carbocycles. The Labute approximate surface area is 327 Å². The van der Waals surface area contributed by atoms with Gasteiger partial charge in [0.25, 0.3) is 0 Å². The molecule has 10 aromatic rings. The van der Waals surface area contributed by atoms with Crippen LogP contribution in [-0.4, -0.2) is 4.57 Å². The summed E-state index contributed by atoms with van der Waals surface area (Å²) >= 11 is 0. The Hall–Kier alpha value is -7.42. The lowest BCUT2D eigenvalue weighted by Gasteiger charge is -2.30. The summed E-state index contributed by atoms with van der Waals surface area (Å²) in [7, 11) is 0. The Bertz CT molecular complexity index is 2930. The van der Waals surface area contributed by atoms with Gasteiger partial charge in [-0.25, -0.2) is 0 Å². The predicted molar refractivity (Wildman–Crippen MR) is 237 cm³/mol. The molecule has 0 N–H and O–H groups in total. The molecule has 0 aliphatic rings. The molecule has 0 unspecified atom stereocenters. The molecule has 1 heterocycles. The van der Waals surface area contributed by atoms with Crippen molar-refractivity contribution in [2.45, 2.75) is 0 Å². The topological polar surface area (TPSA) is 8.17 Å². The van der Waals surface area contributed by atoms with Crippen molar-refractivity contribution in [1.82, 2.24) is 4.57 Å². The van der Waals surface area contributed by atoms with Gasteiger partial charge in [0.1, 0.15) is 0 Å². The summed E-state index contributed by atoms with van der Waals surface area (Å²) in [6, 6.07) is 83.2. The Morgan fingerprint density at radius 1 is 0.304 bits per heavy atom. The predicted octanol–water partition coefficient (Wildman–Crippen LogP) is 14.9. The van der Waals surface area contributed by atoms with E-state index < -0.39 is 0 Å². The van der Waals surface area contributed by atoms with E-state index in [1.165, 1.54) is 55.2 Å². The third-order valence-electron chi connectivity index (χ3n) is 10.8. The van der Waals surface area contributed by atoms with Crippen LogP contribution in [0.15, 0.2) is 231 Å². The number of fused-ring (bicyclic) bond motifs is 3. The molecule has 0 fully saturated rings. The molecule has 1 aromatic heterocycles. The smallest absolute Gasteiger partial charge is 0.0561 e. The molecule has 2 heteroatoms. The summed E-state index contributed by atoms with van der Waals surface area (Å²) in [6.07, 6.45) is 0. The van der Waals surface area contributed by atoms with Crippen molar-refractivity contribution < 1.29 is 0 Å². The molecule has 2 nitrogen and oxygen atoms in total. The average Bonchev–Trinajstić information content (AvgIpc) is 3.61. The van der Waals surface area contributed by atoms with Crippen molar-refractivity contribution >= 4 is 38.9 Å². The fourth-order valence-corrected chi connectivity index (χ4v) is 8.19. The fourth-order valence-electron chi connectivity index (χ4n) is 8.19. The lowest BCUT2D eigenvalue weighted by molar-refractivity contribution is 1.18. The van der Waals surface area contributed by atoms with Crippen LogP contribution in [0.1, 0.15) is 0 Å². The first kappa shape index (κ1) is 33.2. The maximum atomic E-state index is 2.44. The minimum atomic E-state index is 1.08. The van der Waals surface area contributed by atoms with Gasteiger partial charge in [-0.3, -0.25) is 0 Å². The largest absolute Gasteiger partial charge is 0.310 e. The second-order valence-electron chi connectivity index (χ2n) is 14.2. The zero-order chi connectivity index (χ0) is 37.3. The molecule has 0 bridgehead atoms. The average molecular weight is 715 g/mol. The van der Waals surface area contributed by atoms with E-state index in [9.17, 15) is 0 Å². The molecule has 0 atom stereocenters. The summed E-state index contributed by atoms with van der Waals surface area (Å²) in [5.41, 5.74) is 16.2. The third kappa shape index (κ3) is 6.04. The van der Waals surface area contributed by atoms with Crippen LogP contribution >= 0.6 is 0 Å². The van der Waals surface area contributed by atoms with Crippen molar-refractivity contribution in [2.75, 3.05) is 4.90 Å². The quantitative estimate of drug-likeness (QED) is 0.152. The van der Waals surface area contributed by atoms with Gasteiger partial charge < -0.3 is 9.47 Å². The van der Waals surface area contributed by atoms with Crippen molar-refractivity contribution in [3.63, 3.8) is 0 Å². The van der Waals surface area contributed by atoms with Crippen LogP contribution in [0, 0.1) is 0 Å². The molecule has 264 valence electrons. The van der Waals surface area contributed by atoms with Gasteiger partial charge in [-0.1, -0.05) is 176 Å². The van der Waals surface area contributed by atoms with Crippen molar-refractivity contribution in [2.24, 2.45) is 0 Å². The molecular weight excluding hydrogens is 677 g/mol. The molecule has 10 rings (SSSR count). The van der Waals surface area contributed by atoms with Gasteiger partial charge in [0.15, 0.2) is 0 Å². The first-order valence-corrected chi connectivity index (χ1v) is 19.2. The molecule has 0 radical (unpaired) electrons. The van der Waals surface area contributed by atoms with Crippen molar-refractivity contribution in [3.8, 4) is 50.2 Å². The third-order valence-corrected chi connectivity index (χ3v) is 10.8. The highest BCUT2D eigenvalue weighted by molar-refractivity contribution is 6.10. The normalized spacial score (nSPS) is 11.2. The second kappa shape index (κ2) is 14.4. The number of benzene rings is 9. The number of rotatable bonds is 8. The van der Waals surface area contributed by atoms with Gasteiger partial charge in [-0.05, 0) is 93.5 Å². The highest BCUT2D eigenvalue weighted by Crippen LogP contribution is 2.47. The first-order valence-electron chi connectivity index (χ1n) is 19.2. The Morgan fingerprint density at radius 3 is 1.54 bits per heavy atom. The molecule has 0 saturated heterocycles. The van der Waals surface area contributed by atoms with E-state index in [0.717, 1.165) is 33.8 Å². The number of aromatic nitrogens is 1. The molecule has 0 aliphatic heterocycles. The van der Waals surface area contributed by atoms with E-state index in [2.05, 4.69) is 240 Å². The van der Waals surface area contributed by atoms with Crippen molar-refractivity contribution in [3.05, 3.63) is 231 Å². The fraction of sp³-hybridized carbons (Fsp3) is 0. The van der Waals surface area contributed by atoms with Gasteiger partial charge in [0, 0.05) is 33.4 Å². The van der Waals surface area contributed by atoms with Gasteiger partial charge in [-0.2, -0.15) is 0 Å². The summed E-state index contributed by atoms with van der Waals surface area (Å²) in [5, 5.41) is 2.46. The van der Waals surface area contributed by atoms with Gasteiger partial charge in [0.2, 0.25) is 0 Å². The van der Waals surface area contributed by atoms with Crippen LogP contribution < -0.4 is 4.90 Å². The van der Waals surface area contributed by atoms with Crippen LogP contribution in [0.5, 0.6) is 0 Å². The molecule has 0 spiro atoms. The van der Waals surface area contributed by atoms with E-state index in [4.69, 9.17) is 0 Å². The van der Waals surface area contributed by atoms with Gasteiger partial charge >= 0.3 is 0 Å². The molecule has 0 aliphatic carbocycles. The lowest BCUT2D eigenvalue weighted by Crippen LogP contribution is -2.12. The van der Waals surface area contributed by atoms with Crippen LogP contribution in [0.25, 0.3) is 72.0 Å². The molecular formula is C54H38N2. The number of anilines is 3. The number of hydrogen-bond donors (Lipinski definition) is 0. The van der Waals surface area contributed by atoms with E-state index in [-0.39, 0.29) is 0 Å². The van der Waals surface area contributed by atoms with E-state index in [0.29, 0.717) is 0 Å². The highest BCUT2D eigenvalue weighted by Gasteiger charge is 2.23. The Morgan fingerprint density at radius 2 is 0.821 bits per heavy atom. The zero-order valence-corrected chi connectivity index (χ0v) is 30.8. The van der Waals surface area contributed by atoms with Crippen LogP contribution in [0.2, 0.25) is 0 Å². The molecule has 0 saturated carbocycles. The van der Waals surface area contributed by atoms with E-state index >= 15 is 0 Å². The number of para-hydroxylation sites is 2. The number of hydrogen-bond acceptors (Lipinski definition) is 1. The van der Waals surface area contributed by atoms with Crippen LogP contribution in [0.3, 0.4) is 0 Å². The standard InChI is InChI=1S/C54H38N2/c1-5-17-39(18-6-1)41-31-33-46(34-32-41)55(47-35-36-50-49-27-13-14-29-51(49)56(53(50)38-47)45-25-11-4-12-26-45)52-30-16-28-48(42-21-9-3-10-22-42)54(52)44-24-15-23-43(37-44)40-19-7-2-8-20-40/h1-38H. The molecule has 0 amide bonds. The summed E-state index contributed by atoms with van der Waals surface area (Å²) < 4.78 is 2.40. The number of nitrogens with zero attached hydrogens (tertiary/aromatic N) is 2. The highest BCUT2D eigenvalue weighted by atomic mass is 15.1. The lowest BCUT2D eigenvalue weighted by atomic mass is 9.90. The van der Waals surface area contributed by atoms with Gasteiger partial charge in [0.05, 0.1) is 16.7 Å². The zero-order valence-electron chi connectivity index (χ0n) is 30.8. The second-order valence-corrected chi connectivity index (χ2v) is 14.2. The van der Waals surface area contributed by atoms with Crippen molar-refractivity contribution in [1.29, 1.82) is 0 Å². The summed E-state index contributed by atoms with van der Waals surface area (Å²) in [6.45, 7) is 0. The molecule has 56 heavy (non-hydrogen) atoms. The Balaban J connectivity index is 1.25. The summed E-state index contributed by atoms with van der Waals surface area (Å²) in [5.74, 6) is 0. The van der Waals surface area contributed by atoms with E-state index in [1.54, 1.807) is 0 Å². The van der Waals surface area contributed by atoms with Crippen LogP contribution in [0.4, 0.5) is 17.1 Å². The SMILES string of the molecule is c1ccc(-c2ccc(N(c3ccc4c5ccccc5n(-c5ccccc5)c4c3)c3cccc(-c4ccccc4)c3-c3cccc(-c4ccccc4)c3)cc2)cc1. The minimum absolute atomic E-state index is 1.08. The van der Waals surface area contributed by atoms with E-state index in [1.807, 2.05) is 0 Å². The first-order chi connectivity index (χ1) is 27.8. The van der Waals surface area contributed by atoms with Gasteiger partial charge in [-0.15, -0.1) is 0 Å².